The van der Waals surface area contributed by atoms with E-state index in [1.165, 1.54) is 0 Å². The van der Waals surface area contributed by atoms with Crippen LogP contribution in [-0.2, 0) is 0 Å². The second-order valence-electron chi connectivity index (χ2n) is 5.93. The molecule has 0 aliphatic carbocycles. The summed E-state index contributed by atoms with van der Waals surface area (Å²) in [6.45, 7) is 3.41. The maximum Gasteiger partial charge on any atom is 0.272 e. The van der Waals surface area contributed by atoms with Gasteiger partial charge in [-0.15, -0.1) is 0 Å². The van der Waals surface area contributed by atoms with Crippen LogP contribution in [0.3, 0.4) is 0 Å². The third-order valence-electron chi connectivity index (χ3n) is 4.20. The summed E-state index contributed by atoms with van der Waals surface area (Å²) in [5.41, 5.74) is 1.54. The van der Waals surface area contributed by atoms with Crippen LogP contribution in [0.5, 0.6) is 0 Å². The average Bonchev–Trinajstić information content (AvgIpc) is 2.62. The van der Waals surface area contributed by atoms with Crippen LogP contribution in [0.1, 0.15) is 28.9 Å². The van der Waals surface area contributed by atoms with E-state index in [4.69, 9.17) is 0 Å². The number of hydrogen-bond donors (Lipinski definition) is 0. The average molecular weight is 311 g/mol. The van der Waals surface area contributed by atoms with Gasteiger partial charge in [0.2, 0.25) is 5.95 Å². The molecular formula is C17H21N5O. The standard InChI is InChI=1S/C17H21N5O/c1-13-10-19-17(20-11-13)21(2)14-6-5-9-22(12-14)16(23)15-7-3-4-8-18-15/h3-4,7-8,10-11,14H,5-6,9,12H2,1-2H3. The molecule has 6 nitrogen and oxygen atoms in total. The molecule has 6 heteroatoms. The lowest BCUT2D eigenvalue weighted by molar-refractivity contribution is 0.0701. The topological polar surface area (TPSA) is 62.2 Å². The zero-order valence-corrected chi connectivity index (χ0v) is 13.5. The van der Waals surface area contributed by atoms with E-state index in [2.05, 4.69) is 19.9 Å². The first-order valence-electron chi connectivity index (χ1n) is 7.87. The van der Waals surface area contributed by atoms with E-state index in [9.17, 15) is 4.79 Å². The first-order chi connectivity index (χ1) is 11.1. The van der Waals surface area contributed by atoms with E-state index >= 15 is 0 Å². The summed E-state index contributed by atoms with van der Waals surface area (Å²) < 4.78 is 0. The van der Waals surface area contributed by atoms with Gasteiger partial charge < -0.3 is 9.80 Å². The molecule has 0 bridgehead atoms. The SMILES string of the molecule is Cc1cnc(N(C)C2CCCN(C(=O)c3ccccn3)C2)nc1. The minimum Gasteiger partial charge on any atom is -0.339 e. The molecule has 2 aromatic rings. The van der Waals surface area contributed by atoms with E-state index in [1.54, 1.807) is 12.3 Å². The highest BCUT2D eigenvalue weighted by atomic mass is 16.2. The summed E-state index contributed by atoms with van der Waals surface area (Å²) in [4.78, 5) is 29.4. The van der Waals surface area contributed by atoms with Gasteiger partial charge in [0, 0.05) is 44.8 Å². The number of aryl methyl sites for hydroxylation is 1. The number of anilines is 1. The number of pyridine rings is 1. The molecule has 0 spiro atoms. The van der Waals surface area contributed by atoms with Gasteiger partial charge in [-0.3, -0.25) is 9.78 Å². The maximum atomic E-state index is 12.6. The summed E-state index contributed by atoms with van der Waals surface area (Å²) in [7, 11) is 1.99. The molecule has 1 amide bonds. The highest BCUT2D eigenvalue weighted by molar-refractivity contribution is 5.92. The number of piperidine rings is 1. The lowest BCUT2D eigenvalue weighted by atomic mass is 10.0. The molecule has 23 heavy (non-hydrogen) atoms. The van der Waals surface area contributed by atoms with Crippen molar-refractivity contribution in [2.75, 3.05) is 25.0 Å². The number of aromatic nitrogens is 3. The Labute approximate surface area is 136 Å². The van der Waals surface area contributed by atoms with Crippen molar-refractivity contribution in [1.29, 1.82) is 0 Å². The maximum absolute atomic E-state index is 12.6. The van der Waals surface area contributed by atoms with Gasteiger partial charge in [0.1, 0.15) is 5.69 Å². The fraction of sp³-hybridized carbons (Fsp3) is 0.412. The smallest absolute Gasteiger partial charge is 0.272 e. The highest BCUT2D eigenvalue weighted by Crippen LogP contribution is 2.19. The van der Waals surface area contributed by atoms with Crippen molar-refractivity contribution in [2.45, 2.75) is 25.8 Å². The fourth-order valence-electron chi connectivity index (χ4n) is 2.84. The van der Waals surface area contributed by atoms with Crippen LogP contribution in [0.4, 0.5) is 5.95 Å². The van der Waals surface area contributed by atoms with Crippen molar-refractivity contribution in [3.05, 3.63) is 48.0 Å². The lowest BCUT2D eigenvalue weighted by Gasteiger charge is -2.37. The fourth-order valence-corrected chi connectivity index (χ4v) is 2.84. The number of hydrogen-bond acceptors (Lipinski definition) is 5. The largest absolute Gasteiger partial charge is 0.339 e. The third kappa shape index (κ3) is 3.47. The molecule has 1 saturated heterocycles. The van der Waals surface area contributed by atoms with Crippen molar-refractivity contribution in [3.63, 3.8) is 0 Å². The van der Waals surface area contributed by atoms with Crippen LogP contribution in [0, 0.1) is 6.92 Å². The summed E-state index contributed by atoms with van der Waals surface area (Å²) in [5, 5.41) is 0. The summed E-state index contributed by atoms with van der Waals surface area (Å²) in [6.07, 6.45) is 7.29. The summed E-state index contributed by atoms with van der Waals surface area (Å²) in [5.74, 6) is 0.696. The Balaban J connectivity index is 1.70. The second-order valence-corrected chi connectivity index (χ2v) is 5.93. The lowest BCUT2D eigenvalue weighted by Crippen LogP contribution is -2.49. The van der Waals surface area contributed by atoms with E-state index in [0.29, 0.717) is 18.2 Å². The number of rotatable bonds is 3. The Morgan fingerprint density at radius 1 is 1.26 bits per heavy atom. The van der Waals surface area contributed by atoms with Crippen molar-refractivity contribution in [2.24, 2.45) is 0 Å². The van der Waals surface area contributed by atoms with Gasteiger partial charge in [0.05, 0.1) is 0 Å². The van der Waals surface area contributed by atoms with Crippen LogP contribution in [-0.4, -0.2) is 51.9 Å². The van der Waals surface area contributed by atoms with Gasteiger partial charge in [-0.2, -0.15) is 0 Å². The van der Waals surface area contributed by atoms with Crippen LogP contribution >= 0.6 is 0 Å². The highest BCUT2D eigenvalue weighted by Gasteiger charge is 2.28. The predicted molar refractivity (Wildman–Crippen MR) is 88.3 cm³/mol. The molecule has 2 aromatic heterocycles. The van der Waals surface area contributed by atoms with E-state index in [-0.39, 0.29) is 11.9 Å². The van der Waals surface area contributed by atoms with Crippen LogP contribution in [0.25, 0.3) is 0 Å². The Morgan fingerprint density at radius 3 is 2.74 bits per heavy atom. The number of carbonyl (C=O) groups is 1. The van der Waals surface area contributed by atoms with Crippen LogP contribution < -0.4 is 4.90 Å². The number of carbonyl (C=O) groups excluding carboxylic acids is 1. The van der Waals surface area contributed by atoms with Gasteiger partial charge in [0.15, 0.2) is 0 Å². The Kier molecular flexibility index (Phi) is 4.50. The normalized spacial score (nSPS) is 17.8. The van der Waals surface area contributed by atoms with Gasteiger partial charge in [-0.1, -0.05) is 6.07 Å². The molecule has 1 aliphatic heterocycles. The van der Waals surface area contributed by atoms with E-state index < -0.39 is 0 Å². The zero-order chi connectivity index (χ0) is 16.2. The van der Waals surface area contributed by atoms with Crippen molar-refractivity contribution in [3.8, 4) is 0 Å². The molecule has 0 saturated carbocycles. The number of nitrogens with zero attached hydrogens (tertiary/aromatic N) is 5. The van der Waals surface area contributed by atoms with Crippen LogP contribution in [0.15, 0.2) is 36.8 Å². The van der Waals surface area contributed by atoms with Crippen LogP contribution in [0.2, 0.25) is 0 Å². The molecule has 0 N–H and O–H groups in total. The Morgan fingerprint density at radius 2 is 2.04 bits per heavy atom. The Bertz CT molecular complexity index is 658. The quantitative estimate of drug-likeness (QED) is 0.866. The third-order valence-corrected chi connectivity index (χ3v) is 4.20. The minimum atomic E-state index is -0.00600. The molecule has 1 aliphatic rings. The molecule has 3 heterocycles. The number of likely N-dealkylation sites (tertiary alicyclic amines) is 1. The molecule has 120 valence electrons. The number of amides is 1. The van der Waals surface area contributed by atoms with Crippen molar-refractivity contribution < 1.29 is 4.79 Å². The molecular weight excluding hydrogens is 290 g/mol. The molecule has 3 rings (SSSR count). The monoisotopic (exact) mass is 311 g/mol. The molecule has 1 fully saturated rings. The summed E-state index contributed by atoms with van der Waals surface area (Å²) >= 11 is 0. The van der Waals surface area contributed by atoms with Crippen molar-refractivity contribution >= 4 is 11.9 Å². The zero-order valence-electron chi connectivity index (χ0n) is 13.5. The summed E-state index contributed by atoms with van der Waals surface area (Å²) in [6, 6.07) is 5.64. The van der Waals surface area contributed by atoms with Gasteiger partial charge in [0.25, 0.3) is 5.91 Å². The molecule has 1 unspecified atom stereocenters. The van der Waals surface area contributed by atoms with Gasteiger partial charge in [-0.05, 0) is 37.5 Å². The van der Waals surface area contributed by atoms with E-state index in [1.807, 2.05) is 43.4 Å². The molecule has 0 radical (unpaired) electrons. The first kappa shape index (κ1) is 15.4. The molecule has 0 aromatic carbocycles. The van der Waals surface area contributed by atoms with E-state index in [0.717, 1.165) is 24.9 Å². The minimum absolute atomic E-state index is 0.00600. The molecule has 1 atom stereocenters. The van der Waals surface area contributed by atoms with Gasteiger partial charge in [-0.25, -0.2) is 9.97 Å². The van der Waals surface area contributed by atoms with Crippen molar-refractivity contribution in [1.82, 2.24) is 19.9 Å². The Hall–Kier alpha value is -2.50. The van der Waals surface area contributed by atoms with Gasteiger partial charge >= 0.3 is 0 Å². The second kappa shape index (κ2) is 6.73. The predicted octanol–water partition coefficient (Wildman–Crippen LogP) is 1.92. The first-order valence-corrected chi connectivity index (χ1v) is 7.87. The number of likely N-dealkylation sites (N-methyl/N-ethyl adjacent to an activating group) is 1.